The molecule has 5 heteroatoms. The Balaban J connectivity index is 1.54. The Morgan fingerprint density at radius 3 is 2.64 bits per heavy atom. The van der Waals surface area contributed by atoms with Gasteiger partial charge in [-0.05, 0) is 29.0 Å². The lowest BCUT2D eigenvalue weighted by Crippen LogP contribution is -2.10. The first-order valence-corrected chi connectivity index (χ1v) is 8.93. The van der Waals surface area contributed by atoms with E-state index in [4.69, 9.17) is 32.4 Å². The summed E-state index contributed by atoms with van der Waals surface area (Å²) in [5.74, 6) is 0.420. The number of allylic oxidation sites excluding steroid dienone is 1. The zero-order valence-electron chi connectivity index (χ0n) is 14.2. The maximum absolute atomic E-state index is 12.3. The molecule has 0 saturated heterocycles. The molecule has 2 aromatic rings. The van der Waals surface area contributed by atoms with Crippen LogP contribution in [0, 0.1) is 17.3 Å². The van der Waals surface area contributed by atoms with Gasteiger partial charge in [0.2, 0.25) is 0 Å². The van der Waals surface area contributed by atoms with Gasteiger partial charge in [-0.25, -0.2) is 0 Å². The van der Waals surface area contributed by atoms with E-state index in [2.05, 4.69) is 0 Å². The summed E-state index contributed by atoms with van der Waals surface area (Å²) in [7, 11) is 0. The molecular formula is C20H20Cl2O3. The minimum absolute atomic E-state index is 0.0167. The number of halogens is 2. The molecule has 0 aliphatic heterocycles. The number of rotatable bonds is 6. The average molecular weight is 379 g/mol. The van der Waals surface area contributed by atoms with Crippen LogP contribution in [0.5, 0.6) is 0 Å². The van der Waals surface area contributed by atoms with Gasteiger partial charge in [-0.1, -0.05) is 67.4 Å². The molecule has 1 saturated carbocycles. The van der Waals surface area contributed by atoms with E-state index in [1.165, 1.54) is 5.56 Å². The molecule has 1 aliphatic rings. The summed E-state index contributed by atoms with van der Waals surface area (Å²) < 4.78 is 11.2. The van der Waals surface area contributed by atoms with Crippen molar-refractivity contribution in [3.63, 3.8) is 0 Å². The highest BCUT2D eigenvalue weighted by Gasteiger charge is 2.61. The van der Waals surface area contributed by atoms with Crippen molar-refractivity contribution in [2.24, 2.45) is 17.3 Å². The first-order valence-electron chi connectivity index (χ1n) is 8.17. The quantitative estimate of drug-likeness (QED) is 0.622. The second kappa shape index (κ2) is 7.27. The molecule has 0 amide bonds. The van der Waals surface area contributed by atoms with E-state index < -0.39 is 0 Å². The number of ether oxygens (including phenoxy) is 1. The van der Waals surface area contributed by atoms with Gasteiger partial charge in [0.1, 0.15) is 16.9 Å². The lowest BCUT2D eigenvalue weighted by atomic mass is 10.1. The van der Waals surface area contributed by atoms with Crippen LogP contribution in [-0.4, -0.2) is 5.97 Å². The maximum atomic E-state index is 12.3. The fourth-order valence-electron chi connectivity index (χ4n) is 3.21. The van der Waals surface area contributed by atoms with E-state index >= 15 is 0 Å². The van der Waals surface area contributed by atoms with E-state index in [1.54, 1.807) is 12.3 Å². The van der Waals surface area contributed by atoms with Crippen LogP contribution < -0.4 is 0 Å². The fraction of sp³-hybridized carbons (Fsp3) is 0.350. The Bertz CT molecular complexity index is 773. The van der Waals surface area contributed by atoms with Crippen LogP contribution in [0.25, 0.3) is 0 Å². The molecule has 0 N–H and O–H groups in total. The lowest BCUT2D eigenvalue weighted by molar-refractivity contribution is -0.147. The number of hydrogen-bond donors (Lipinski definition) is 0. The number of carbonyl (C=O) groups excluding carboxylic acids is 1. The molecule has 3 nitrogen and oxygen atoms in total. The molecule has 1 aromatic carbocycles. The molecule has 1 fully saturated rings. The Morgan fingerprint density at radius 1 is 1.24 bits per heavy atom. The van der Waals surface area contributed by atoms with Crippen LogP contribution in [0.1, 0.15) is 30.7 Å². The predicted molar refractivity (Wildman–Crippen MR) is 98.3 cm³/mol. The highest BCUT2D eigenvalue weighted by atomic mass is 35.5. The molecule has 1 unspecified atom stereocenters. The minimum Gasteiger partial charge on any atom is -0.469 e. The van der Waals surface area contributed by atoms with Gasteiger partial charge in [-0.15, -0.1) is 0 Å². The normalized spacial score (nSPS) is 20.8. The first-order chi connectivity index (χ1) is 11.9. The number of hydrogen-bond acceptors (Lipinski definition) is 3. The zero-order chi connectivity index (χ0) is 18.0. The summed E-state index contributed by atoms with van der Waals surface area (Å²) >= 11 is 11.4. The summed E-state index contributed by atoms with van der Waals surface area (Å²) in [5.41, 5.74) is 1.84. The summed E-state index contributed by atoms with van der Waals surface area (Å²) in [5, 5.41) is 0. The van der Waals surface area contributed by atoms with Crippen molar-refractivity contribution in [1.29, 1.82) is 0 Å². The molecule has 1 heterocycles. The third kappa shape index (κ3) is 4.28. The second-order valence-corrected chi connectivity index (χ2v) is 7.98. The second-order valence-electron chi connectivity index (χ2n) is 6.97. The third-order valence-electron chi connectivity index (χ3n) is 4.78. The van der Waals surface area contributed by atoms with Crippen LogP contribution in [-0.2, 0) is 22.6 Å². The van der Waals surface area contributed by atoms with E-state index in [-0.39, 0.29) is 34.3 Å². The number of esters is 1. The third-order valence-corrected chi connectivity index (χ3v) is 5.03. The molecule has 3 rings (SSSR count). The van der Waals surface area contributed by atoms with Crippen molar-refractivity contribution in [3.8, 4) is 0 Å². The largest absolute Gasteiger partial charge is 0.469 e. The molecule has 2 atom stereocenters. The Labute approximate surface area is 157 Å². The Morgan fingerprint density at radius 2 is 1.96 bits per heavy atom. The molecule has 132 valence electrons. The first kappa shape index (κ1) is 18.1. The molecule has 1 aromatic heterocycles. The van der Waals surface area contributed by atoms with Crippen molar-refractivity contribution in [2.45, 2.75) is 26.9 Å². The topological polar surface area (TPSA) is 39.4 Å². The molecule has 0 radical (unpaired) electrons. The Kier molecular flexibility index (Phi) is 5.26. The van der Waals surface area contributed by atoms with Crippen LogP contribution in [0.3, 0.4) is 0 Å². The summed E-state index contributed by atoms with van der Waals surface area (Å²) in [4.78, 5) is 12.3. The smallest absolute Gasteiger partial charge is 0.310 e. The highest BCUT2D eigenvalue weighted by Crippen LogP contribution is 2.60. The molecule has 25 heavy (non-hydrogen) atoms. The van der Waals surface area contributed by atoms with Gasteiger partial charge in [0.25, 0.3) is 0 Å². The standard InChI is InChI=1S/C20H20Cl2O3/c1-20(2)16(10-17(21)22)18(20)19(23)25-12-14-9-15(24-11-14)8-13-6-4-3-5-7-13/h3-7,9-11,16,18H,8,12H2,1-2H3/t16?,18-/m0/s1. The number of furan rings is 1. The van der Waals surface area contributed by atoms with Crippen molar-refractivity contribution in [1.82, 2.24) is 0 Å². The van der Waals surface area contributed by atoms with Crippen LogP contribution in [0.4, 0.5) is 0 Å². The molecule has 0 spiro atoms. The molecule has 0 bridgehead atoms. The summed E-state index contributed by atoms with van der Waals surface area (Å²) in [6.45, 7) is 4.22. The van der Waals surface area contributed by atoms with Gasteiger partial charge in [0.05, 0.1) is 12.2 Å². The lowest BCUT2D eigenvalue weighted by Gasteiger charge is -2.03. The van der Waals surface area contributed by atoms with Crippen LogP contribution in [0.2, 0.25) is 0 Å². The molecular weight excluding hydrogens is 359 g/mol. The molecule has 1 aliphatic carbocycles. The van der Waals surface area contributed by atoms with Gasteiger partial charge < -0.3 is 9.15 Å². The number of carbonyl (C=O) groups is 1. The van der Waals surface area contributed by atoms with E-state index in [1.807, 2.05) is 50.2 Å². The predicted octanol–water partition coefficient (Wildman–Crippen LogP) is 5.50. The van der Waals surface area contributed by atoms with Gasteiger partial charge >= 0.3 is 5.97 Å². The monoisotopic (exact) mass is 378 g/mol. The van der Waals surface area contributed by atoms with Gasteiger partial charge in [-0.3, -0.25) is 4.79 Å². The highest BCUT2D eigenvalue weighted by molar-refractivity contribution is 6.55. The fourth-order valence-corrected chi connectivity index (χ4v) is 3.48. The van der Waals surface area contributed by atoms with Crippen LogP contribution >= 0.6 is 23.2 Å². The van der Waals surface area contributed by atoms with Crippen molar-refractivity contribution < 1.29 is 13.9 Å². The van der Waals surface area contributed by atoms with Crippen molar-refractivity contribution in [3.05, 3.63) is 70.1 Å². The van der Waals surface area contributed by atoms with Gasteiger partial charge in [-0.2, -0.15) is 0 Å². The SMILES string of the molecule is CC1(C)C(C=C(Cl)Cl)[C@H]1C(=O)OCc1coc(Cc2ccccc2)c1. The Hall–Kier alpha value is -1.71. The number of benzene rings is 1. The van der Waals surface area contributed by atoms with Gasteiger partial charge in [0, 0.05) is 12.0 Å². The average Bonchev–Trinajstić information content (AvgIpc) is 2.90. The maximum Gasteiger partial charge on any atom is 0.310 e. The van der Waals surface area contributed by atoms with Crippen molar-refractivity contribution in [2.75, 3.05) is 0 Å². The van der Waals surface area contributed by atoms with Gasteiger partial charge in [0.15, 0.2) is 0 Å². The van der Waals surface area contributed by atoms with E-state index in [9.17, 15) is 4.79 Å². The van der Waals surface area contributed by atoms with Crippen molar-refractivity contribution >= 4 is 29.2 Å². The minimum atomic E-state index is -0.230. The summed E-state index contributed by atoms with van der Waals surface area (Å²) in [6.07, 6.45) is 4.06. The summed E-state index contributed by atoms with van der Waals surface area (Å²) in [6, 6.07) is 12.0. The van der Waals surface area contributed by atoms with E-state index in [0.717, 1.165) is 11.3 Å². The van der Waals surface area contributed by atoms with Crippen LogP contribution in [0.15, 0.2) is 57.6 Å². The van der Waals surface area contributed by atoms with E-state index in [0.29, 0.717) is 6.42 Å². The zero-order valence-corrected chi connectivity index (χ0v) is 15.7.